The topological polar surface area (TPSA) is 60.4 Å². The lowest BCUT2D eigenvalue weighted by Crippen LogP contribution is -2.10. The summed E-state index contributed by atoms with van der Waals surface area (Å²) in [6.45, 7) is 2.02. The van der Waals surface area contributed by atoms with E-state index in [1.165, 1.54) is 0 Å². The number of carbonyl (C=O) groups excluding carboxylic acids is 1. The van der Waals surface area contributed by atoms with E-state index in [2.05, 4.69) is 0 Å². The molecule has 22 heavy (non-hydrogen) atoms. The van der Waals surface area contributed by atoms with Crippen molar-refractivity contribution in [2.75, 3.05) is 12.4 Å². The van der Waals surface area contributed by atoms with Crippen LogP contribution in [0.3, 0.4) is 0 Å². The Morgan fingerprint density at radius 2 is 1.82 bits per heavy atom. The van der Waals surface area contributed by atoms with Crippen molar-refractivity contribution in [3.63, 3.8) is 0 Å². The van der Waals surface area contributed by atoms with Crippen molar-refractivity contribution in [2.24, 2.45) is 0 Å². The van der Waals surface area contributed by atoms with Crippen LogP contribution in [0.4, 0.5) is 0 Å². The maximum atomic E-state index is 12.3. The van der Waals surface area contributed by atoms with Crippen LogP contribution in [-0.4, -0.2) is 26.7 Å². The molecular weight excluding hydrogens is 324 g/mol. The van der Waals surface area contributed by atoms with Crippen LogP contribution in [0.15, 0.2) is 41.3 Å². The predicted molar refractivity (Wildman–Crippen MR) is 86.9 cm³/mol. The molecule has 0 spiro atoms. The fourth-order valence-corrected chi connectivity index (χ4v) is 3.67. The average molecular weight is 341 g/mol. The highest BCUT2D eigenvalue weighted by molar-refractivity contribution is 7.91. The zero-order valence-electron chi connectivity index (χ0n) is 12.2. The van der Waals surface area contributed by atoms with Crippen LogP contribution < -0.4 is 0 Å². The number of carbonyl (C=O) groups is 1. The van der Waals surface area contributed by atoms with E-state index in [9.17, 15) is 13.2 Å². The van der Waals surface area contributed by atoms with E-state index in [1.54, 1.807) is 43.3 Å². The van der Waals surface area contributed by atoms with Crippen molar-refractivity contribution in [3.8, 4) is 0 Å². The Hall–Kier alpha value is -1.59. The number of sulfone groups is 1. The zero-order valence-corrected chi connectivity index (χ0v) is 13.8. The third-order valence-electron chi connectivity index (χ3n) is 3.23. The van der Waals surface area contributed by atoms with Crippen LogP contribution in [0.2, 0.25) is 5.02 Å². The fourth-order valence-electron chi connectivity index (χ4n) is 2.15. The molecule has 4 nitrogen and oxygen atoms in total. The number of halogens is 1. The minimum absolute atomic E-state index is 0.0785. The Balaban J connectivity index is 2.12. The summed E-state index contributed by atoms with van der Waals surface area (Å²) in [6, 6.07) is 10.2. The molecule has 0 bridgehead atoms. The van der Waals surface area contributed by atoms with Gasteiger partial charge in [0.05, 0.1) is 17.3 Å². The summed E-state index contributed by atoms with van der Waals surface area (Å²) >= 11 is 5.91. The molecule has 0 heterocycles. The molecule has 0 amide bonds. The van der Waals surface area contributed by atoms with Crippen molar-refractivity contribution in [1.82, 2.24) is 0 Å². The fraction of sp³-hybridized carbons (Fsp3) is 0.312. The molecule has 118 valence electrons. The summed E-state index contributed by atoms with van der Waals surface area (Å²) in [7, 11) is -3.41. The summed E-state index contributed by atoms with van der Waals surface area (Å²) in [5, 5.41) is 2.31. The SMILES string of the molecule is CCOC(=O)CCCS(=O)(=O)c1ccc2cc(Cl)ccc2c1. The van der Waals surface area contributed by atoms with Crippen LogP contribution in [0.25, 0.3) is 10.8 Å². The molecule has 0 fully saturated rings. The maximum Gasteiger partial charge on any atom is 0.305 e. The molecule has 0 aliphatic carbocycles. The van der Waals surface area contributed by atoms with Crippen molar-refractivity contribution in [3.05, 3.63) is 41.4 Å². The smallest absolute Gasteiger partial charge is 0.305 e. The summed E-state index contributed by atoms with van der Waals surface area (Å²) in [5.41, 5.74) is 0. The molecule has 6 heteroatoms. The molecule has 2 rings (SSSR count). The van der Waals surface area contributed by atoms with Gasteiger partial charge in [-0.25, -0.2) is 8.42 Å². The van der Waals surface area contributed by atoms with E-state index < -0.39 is 9.84 Å². The number of esters is 1. The Bertz CT molecular complexity index is 784. The average Bonchev–Trinajstić information content (AvgIpc) is 2.46. The van der Waals surface area contributed by atoms with Crippen LogP contribution in [-0.2, 0) is 19.4 Å². The molecule has 2 aromatic rings. The second kappa shape index (κ2) is 7.11. The normalized spacial score (nSPS) is 11.5. The van der Waals surface area contributed by atoms with Gasteiger partial charge in [-0.2, -0.15) is 0 Å². The van der Waals surface area contributed by atoms with Crippen LogP contribution >= 0.6 is 11.6 Å². The molecule has 2 aromatic carbocycles. The molecule has 0 aliphatic rings. The molecule has 0 radical (unpaired) electrons. The quantitative estimate of drug-likeness (QED) is 0.754. The largest absolute Gasteiger partial charge is 0.466 e. The highest BCUT2D eigenvalue weighted by Crippen LogP contribution is 2.23. The molecule has 0 aliphatic heterocycles. The van der Waals surface area contributed by atoms with Crippen molar-refractivity contribution >= 4 is 38.2 Å². The van der Waals surface area contributed by atoms with Gasteiger partial charge in [0.25, 0.3) is 0 Å². The number of fused-ring (bicyclic) bond motifs is 1. The Morgan fingerprint density at radius 1 is 1.14 bits per heavy atom. The zero-order chi connectivity index (χ0) is 16.2. The van der Waals surface area contributed by atoms with Crippen molar-refractivity contribution < 1.29 is 17.9 Å². The van der Waals surface area contributed by atoms with Gasteiger partial charge >= 0.3 is 5.97 Å². The second-order valence-electron chi connectivity index (χ2n) is 4.88. The first-order valence-electron chi connectivity index (χ1n) is 7.00. The standard InChI is InChI=1S/C16H17ClO4S/c1-2-21-16(18)4-3-9-22(19,20)15-8-6-12-10-14(17)7-5-13(12)11-15/h5-8,10-11H,2-4,9H2,1H3. The lowest BCUT2D eigenvalue weighted by Gasteiger charge is -2.06. The van der Waals surface area contributed by atoms with E-state index in [-0.39, 0.29) is 29.5 Å². The van der Waals surface area contributed by atoms with Gasteiger partial charge in [0.15, 0.2) is 9.84 Å². The summed E-state index contributed by atoms with van der Waals surface area (Å²) < 4.78 is 29.4. The lowest BCUT2D eigenvalue weighted by molar-refractivity contribution is -0.143. The number of rotatable bonds is 6. The van der Waals surface area contributed by atoms with Crippen molar-refractivity contribution in [1.29, 1.82) is 0 Å². The number of hydrogen-bond acceptors (Lipinski definition) is 4. The first-order valence-corrected chi connectivity index (χ1v) is 9.03. The molecule has 0 saturated carbocycles. The van der Waals surface area contributed by atoms with E-state index in [1.807, 2.05) is 0 Å². The van der Waals surface area contributed by atoms with Crippen molar-refractivity contribution in [2.45, 2.75) is 24.7 Å². The molecular formula is C16H17ClO4S. The molecule has 0 atom stereocenters. The van der Waals surface area contributed by atoms with Gasteiger partial charge in [0.2, 0.25) is 0 Å². The minimum atomic E-state index is -3.41. The minimum Gasteiger partial charge on any atom is -0.466 e. The molecule has 0 aromatic heterocycles. The second-order valence-corrected chi connectivity index (χ2v) is 7.43. The van der Waals surface area contributed by atoms with Gasteiger partial charge in [-0.15, -0.1) is 0 Å². The predicted octanol–water partition coefficient (Wildman–Crippen LogP) is 3.61. The van der Waals surface area contributed by atoms with E-state index in [0.29, 0.717) is 11.6 Å². The van der Waals surface area contributed by atoms with E-state index >= 15 is 0 Å². The van der Waals surface area contributed by atoms with Crippen LogP contribution in [0.5, 0.6) is 0 Å². The third kappa shape index (κ3) is 4.21. The third-order valence-corrected chi connectivity index (χ3v) is 5.27. The monoisotopic (exact) mass is 340 g/mol. The summed E-state index contributed by atoms with van der Waals surface area (Å²) in [4.78, 5) is 11.5. The molecule has 0 N–H and O–H groups in total. The number of hydrogen-bond donors (Lipinski definition) is 0. The maximum absolute atomic E-state index is 12.3. The lowest BCUT2D eigenvalue weighted by atomic mass is 10.1. The van der Waals surface area contributed by atoms with E-state index in [0.717, 1.165) is 10.8 Å². The highest BCUT2D eigenvalue weighted by atomic mass is 35.5. The van der Waals surface area contributed by atoms with E-state index in [4.69, 9.17) is 16.3 Å². The first kappa shape index (κ1) is 16.8. The van der Waals surface area contributed by atoms with Gasteiger partial charge in [-0.3, -0.25) is 4.79 Å². The number of ether oxygens (including phenoxy) is 1. The van der Waals surface area contributed by atoms with Crippen LogP contribution in [0.1, 0.15) is 19.8 Å². The van der Waals surface area contributed by atoms with Gasteiger partial charge in [0.1, 0.15) is 0 Å². The highest BCUT2D eigenvalue weighted by Gasteiger charge is 2.15. The van der Waals surface area contributed by atoms with Crippen LogP contribution in [0, 0.1) is 0 Å². The van der Waals surface area contributed by atoms with Gasteiger partial charge in [-0.1, -0.05) is 23.7 Å². The van der Waals surface area contributed by atoms with Gasteiger partial charge in [0, 0.05) is 11.4 Å². The summed E-state index contributed by atoms with van der Waals surface area (Å²) in [6.07, 6.45) is 0.357. The molecule has 0 unspecified atom stereocenters. The Kier molecular flexibility index (Phi) is 5.42. The summed E-state index contributed by atoms with van der Waals surface area (Å²) in [5.74, 6) is -0.448. The Morgan fingerprint density at radius 3 is 2.55 bits per heavy atom. The van der Waals surface area contributed by atoms with Gasteiger partial charge in [-0.05, 0) is 48.4 Å². The van der Waals surface area contributed by atoms with Gasteiger partial charge < -0.3 is 4.74 Å². The molecule has 0 saturated heterocycles. The first-order chi connectivity index (χ1) is 10.4. The number of benzene rings is 2. The Labute approximate surface area is 135 Å².